The van der Waals surface area contributed by atoms with Crippen LogP contribution in [0.3, 0.4) is 0 Å². The Bertz CT molecular complexity index is 1290. The van der Waals surface area contributed by atoms with Crippen molar-refractivity contribution in [1.29, 1.82) is 0 Å². The zero-order valence-corrected chi connectivity index (χ0v) is 20.6. The van der Waals surface area contributed by atoms with E-state index in [1.165, 1.54) is 22.3 Å². The standard InChI is InChI=1S/C30H33N3O2/c1-3-23-7-12-27(13-8-23)31-30(34)33-16-4-15-32(17-18-33)21-28-20-26-19-25(11-14-29(26)35-28)24-9-5-22(2)6-10-24/h5-14,19-20H,3-4,15-18,21H2,1-2H3,(H,31,34). The molecule has 1 fully saturated rings. The number of nitrogens with one attached hydrogen (secondary N) is 1. The van der Waals surface area contributed by atoms with Gasteiger partial charge in [0.15, 0.2) is 0 Å². The Balaban J connectivity index is 1.20. The Morgan fingerprint density at radius 1 is 0.886 bits per heavy atom. The van der Waals surface area contributed by atoms with Crippen molar-refractivity contribution in [2.75, 3.05) is 31.5 Å². The smallest absolute Gasteiger partial charge is 0.321 e. The molecule has 1 aliphatic rings. The van der Waals surface area contributed by atoms with Crippen LogP contribution in [0.25, 0.3) is 22.1 Å². The molecule has 5 rings (SSSR count). The van der Waals surface area contributed by atoms with E-state index in [-0.39, 0.29) is 6.03 Å². The molecule has 0 unspecified atom stereocenters. The van der Waals surface area contributed by atoms with Crippen LogP contribution in [0.1, 0.15) is 30.2 Å². The Kier molecular flexibility index (Phi) is 6.87. The molecule has 1 N–H and O–H groups in total. The van der Waals surface area contributed by atoms with E-state index in [9.17, 15) is 4.79 Å². The molecule has 0 bridgehead atoms. The molecular weight excluding hydrogens is 434 g/mol. The second-order valence-corrected chi connectivity index (χ2v) is 9.43. The summed E-state index contributed by atoms with van der Waals surface area (Å²) < 4.78 is 6.16. The van der Waals surface area contributed by atoms with Crippen molar-refractivity contribution in [3.63, 3.8) is 0 Å². The van der Waals surface area contributed by atoms with Gasteiger partial charge in [0.05, 0.1) is 6.54 Å². The van der Waals surface area contributed by atoms with Crippen molar-refractivity contribution >= 4 is 22.7 Å². The molecule has 1 saturated heterocycles. The first kappa shape index (κ1) is 23.2. The lowest BCUT2D eigenvalue weighted by Gasteiger charge is -2.22. The molecule has 5 nitrogen and oxygen atoms in total. The fraction of sp³-hybridized carbons (Fsp3) is 0.300. The first-order chi connectivity index (χ1) is 17.1. The number of amides is 2. The van der Waals surface area contributed by atoms with Crippen LogP contribution < -0.4 is 5.32 Å². The summed E-state index contributed by atoms with van der Waals surface area (Å²) in [4.78, 5) is 17.1. The van der Waals surface area contributed by atoms with Gasteiger partial charge in [0.2, 0.25) is 0 Å². The van der Waals surface area contributed by atoms with Gasteiger partial charge in [-0.25, -0.2) is 4.79 Å². The van der Waals surface area contributed by atoms with Crippen molar-refractivity contribution in [2.24, 2.45) is 0 Å². The van der Waals surface area contributed by atoms with Crippen molar-refractivity contribution in [3.05, 3.63) is 89.7 Å². The molecule has 0 saturated carbocycles. The van der Waals surface area contributed by atoms with Crippen LogP contribution >= 0.6 is 0 Å². The average Bonchev–Trinajstić information content (AvgIpc) is 3.12. The van der Waals surface area contributed by atoms with Gasteiger partial charge in [0, 0.05) is 37.3 Å². The highest BCUT2D eigenvalue weighted by molar-refractivity contribution is 5.89. The van der Waals surface area contributed by atoms with E-state index in [0.717, 1.165) is 61.4 Å². The second-order valence-electron chi connectivity index (χ2n) is 9.43. The predicted molar refractivity (Wildman–Crippen MR) is 143 cm³/mol. The van der Waals surface area contributed by atoms with Crippen LogP contribution in [0.15, 0.2) is 77.2 Å². The molecule has 3 aromatic carbocycles. The highest BCUT2D eigenvalue weighted by Gasteiger charge is 2.20. The van der Waals surface area contributed by atoms with Crippen LogP contribution in [0.2, 0.25) is 0 Å². The van der Waals surface area contributed by atoms with E-state index in [4.69, 9.17) is 4.42 Å². The predicted octanol–water partition coefficient (Wildman–Crippen LogP) is 6.71. The molecule has 0 spiro atoms. The van der Waals surface area contributed by atoms with Gasteiger partial charge in [-0.05, 0) is 66.8 Å². The molecule has 1 aliphatic heterocycles. The van der Waals surface area contributed by atoms with Gasteiger partial charge < -0.3 is 14.6 Å². The van der Waals surface area contributed by atoms with Gasteiger partial charge in [-0.2, -0.15) is 0 Å². The number of nitrogens with zero attached hydrogens (tertiary/aromatic N) is 2. The summed E-state index contributed by atoms with van der Waals surface area (Å²) in [5.41, 5.74) is 6.71. The van der Waals surface area contributed by atoms with Crippen LogP contribution in [0.5, 0.6) is 0 Å². The molecule has 180 valence electrons. The van der Waals surface area contributed by atoms with E-state index < -0.39 is 0 Å². The molecule has 5 heteroatoms. The van der Waals surface area contributed by atoms with Gasteiger partial charge in [0.25, 0.3) is 0 Å². The lowest BCUT2D eigenvalue weighted by molar-refractivity contribution is 0.209. The highest BCUT2D eigenvalue weighted by Crippen LogP contribution is 2.27. The van der Waals surface area contributed by atoms with E-state index in [2.05, 4.69) is 84.7 Å². The number of carbonyl (C=O) groups excluding carboxylic acids is 1. The van der Waals surface area contributed by atoms with Gasteiger partial charge >= 0.3 is 6.03 Å². The molecule has 0 atom stereocenters. The summed E-state index contributed by atoms with van der Waals surface area (Å²) in [5, 5.41) is 4.17. The molecule has 35 heavy (non-hydrogen) atoms. The number of benzene rings is 3. The van der Waals surface area contributed by atoms with E-state index in [1.54, 1.807) is 0 Å². The zero-order valence-electron chi connectivity index (χ0n) is 20.6. The quantitative estimate of drug-likeness (QED) is 0.355. The zero-order chi connectivity index (χ0) is 24.2. The maximum absolute atomic E-state index is 12.8. The van der Waals surface area contributed by atoms with Crippen molar-refractivity contribution in [2.45, 2.75) is 33.2 Å². The highest BCUT2D eigenvalue weighted by atomic mass is 16.3. The van der Waals surface area contributed by atoms with Crippen LogP contribution in [0.4, 0.5) is 10.5 Å². The number of urea groups is 1. The van der Waals surface area contributed by atoms with Gasteiger partial charge in [0.1, 0.15) is 11.3 Å². The van der Waals surface area contributed by atoms with Gasteiger partial charge in [-0.1, -0.05) is 55.0 Å². The SMILES string of the molecule is CCc1ccc(NC(=O)N2CCCN(Cc3cc4cc(-c5ccc(C)cc5)ccc4o3)CC2)cc1. The molecule has 0 radical (unpaired) electrons. The number of rotatable bonds is 5. The molecule has 2 heterocycles. The van der Waals surface area contributed by atoms with Crippen LogP contribution in [-0.2, 0) is 13.0 Å². The maximum atomic E-state index is 12.8. The third kappa shape index (κ3) is 5.57. The van der Waals surface area contributed by atoms with Gasteiger partial charge in [-0.15, -0.1) is 0 Å². The number of furan rings is 1. The molecule has 2 amide bonds. The first-order valence-electron chi connectivity index (χ1n) is 12.5. The van der Waals surface area contributed by atoms with Crippen molar-refractivity contribution < 1.29 is 9.21 Å². The fourth-order valence-corrected chi connectivity index (χ4v) is 4.68. The Morgan fingerprint density at radius 3 is 2.43 bits per heavy atom. The lowest BCUT2D eigenvalue weighted by Crippen LogP contribution is -2.38. The topological polar surface area (TPSA) is 48.7 Å². The maximum Gasteiger partial charge on any atom is 0.321 e. The number of carbonyl (C=O) groups is 1. The Labute approximate surface area is 207 Å². The van der Waals surface area contributed by atoms with E-state index in [0.29, 0.717) is 6.54 Å². The summed E-state index contributed by atoms with van der Waals surface area (Å²) in [5.74, 6) is 0.968. The third-order valence-corrected chi connectivity index (χ3v) is 6.82. The molecule has 4 aromatic rings. The number of aryl methyl sites for hydroxylation is 2. The summed E-state index contributed by atoms with van der Waals surface area (Å²) in [6.07, 6.45) is 1.94. The normalized spacial score (nSPS) is 14.7. The minimum Gasteiger partial charge on any atom is -0.460 e. The minimum atomic E-state index is -0.0246. The lowest BCUT2D eigenvalue weighted by atomic mass is 10.0. The monoisotopic (exact) mass is 467 g/mol. The molecule has 1 aromatic heterocycles. The summed E-state index contributed by atoms with van der Waals surface area (Å²) in [6, 6.07) is 25.2. The van der Waals surface area contributed by atoms with E-state index in [1.807, 2.05) is 17.0 Å². The summed E-state index contributed by atoms with van der Waals surface area (Å²) in [6.45, 7) is 8.22. The van der Waals surface area contributed by atoms with Crippen LogP contribution in [-0.4, -0.2) is 42.0 Å². The summed E-state index contributed by atoms with van der Waals surface area (Å²) >= 11 is 0. The number of fused-ring (bicyclic) bond motifs is 1. The largest absolute Gasteiger partial charge is 0.460 e. The molecular formula is C30H33N3O2. The second kappa shape index (κ2) is 10.4. The van der Waals surface area contributed by atoms with E-state index >= 15 is 0 Å². The first-order valence-corrected chi connectivity index (χ1v) is 12.5. The minimum absolute atomic E-state index is 0.0246. The van der Waals surface area contributed by atoms with Gasteiger partial charge in [-0.3, -0.25) is 4.90 Å². The van der Waals surface area contributed by atoms with Crippen molar-refractivity contribution in [1.82, 2.24) is 9.80 Å². The third-order valence-electron chi connectivity index (χ3n) is 6.82. The number of hydrogen-bond acceptors (Lipinski definition) is 3. The fourth-order valence-electron chi connectivity index (χ4n) is 4.68. The Hall–Kier alpha value is -3.57. The number of hydrogen-bond donors (Lipinski definition) is 1. The summed E-state index contributed by atoms with van der Waals surface area (Å²) in [7, 11) is 0. The molecule has 0 aliphatic carbocycles. The average molecular weight is 468 g/mol. The number of anilines is 1. The van der Waals surface area contributed by atoms with Crippen molar-refractivity contribution in [3.8, 4) is 11.1 Å². The Morgan fingerprint density at radius 2 is 1.66 bits per heavy atom. The van der Waals surface area contributed by atoms with Crippen LogP contribution in [0, 0.1) is 6.92 Å².